The summed E-state index contributed by atoms with van der Waals surface area (Å²) in [5, 5.41) is 11.3. The lowest BCUT2D eigenvalue weighted by Gasteiger charge is -1.82. The average Bonchev–Trinajstić information content (AvgIpc) is 2.60. The quantitative estimate of drug-likeness (QED) is 0.365. The molecule has 1 heterocycles. The molecular weight excluding hydrogens is 232 g/mol. The molecule has 72 valence electrons. The number of hydrogen-bond donors (Lipinski definition) is 2. The normalized spacial score (nSPS) is 12.4. The van der Waals surface area contributed by atoms with E-state index in [0.29, 0.717) is 0 Å². The molecule has 2 aromatic rings. The van der Waals surface area contributed by atoms with Crippen molar-refractivity contribution < 1.29 is 0 Å². The number of fused-ring (bicyclic) bond motifs is 1. The first-order valence-corrected chi connectivity index (χ1v) is 6.87. The summed E-state index contributed by atoms with van der Waals surface area (Å²) in [7, 11) is 0. The highest BCUT2D eigenvalue weighted by Gasteiger charge is 1.93. The number of aromatic amines is 1. The second-order valence-corrected chi connectivity index (χ2v) is 6.17. The Hall–Kier alpha value is -0.700. The highest BCUT2D eigenvalue weighted by atomic mass is 32.2. The molecule has 0 saturated carbocycles. The van der Waals surface area contributed by atoms with Crippen LogP contribution in [0.4, 0.5) is 0 Å². The van der Waals surface area contributed by atoms with Crippen LogP contribution < -0.4 is 0 Å². The minimum atomic E-state index is 0.833. The van der Waals surface area contributed by atoms with E-state index in [1.54, 1.807) is 11.3 Å². The van der Waals surface area contributed by atoms with E-state index in [1.165, 1.54) is 37.3 Å². The van der Waals surface area contributed by atoms with Crippen LogP contribution in [0.2, 0.25) is 0 Å². The van der Waals surface area contributed by atoms with Gasteiger partial charge >= 0.3 is 0 Å². The maximum absolute atomic E-state index is 8.39. The lowest BCUT2D eigenvalue weighted by molar-refractivity contribution is 1.47. The number of aromatic nitrogens is 1. The molecule has 14 heavy (non-hydrogen) atoms. The molecule has 0 radical (unpaired) electrons. The Balaban J connectivity index is 2.36. The van der Waals surface area contributed by atoms with Gasteiger partial charge in [-0.3, -0.25) is 0 Å². The molecule has 2 nitrogen and oxygen atoms in total. The highest BCUT2D eigenvalue weighted by molar-refractivity contribution is 8.15. The highest BCUT2D eigenvalue weighted by Crippen LogP contribution is 2.20. The van der Waals surface area contributed by atoms with Crippen molar-refractivity contribution in [2.45, 2.75) is 0 Å². The lowest BCUT2D eigenvalue weighted by Crippen LogP contribution is -1.64. The predicted octanol–water partition coefficient (Wildman–Crippen LogP) is 3.40. The van der Waals surface area contributed by atoms with Gasteiger partial charge in [-0.05, 0) is 23.9 Å². The molecule has 1 aromatic heterocycles. The predicted molar refractivity (Wildman–Crippen MR) is 66.5 cm³/mol. The van der Waals surface area contributed by atoms with E-state index in [0.717, 1.165) is 5.08 Å². The largest absolute Gasteiger partial charge is 0.341 e. The van der Waals surface area contributed by atoms with Crippen LogP contribution in [0, 0.1) is 14.6 Å². The number of thiol groups is 1. The number of rotatable bonds is 2. The smallest absolute Gasteiger partial charge is 0.134 e. The van der Waals surface area contributed by atoms with Crippen LogP contribution in [0.25, 0.3) is 10.2 Å². The van der Waals surface area contributed by atoms with E-state index >= 15 is 0 Å². The third-order valence-corrected chi connectivity index (χ3v) is 4.77. The van der Waals surface area contributed by atoms with Crippen LogP contribution in [0.3, 0.4) is 0 Å². The Kier molecular flexibility index (Phi) is 3.30. The number of nitrogens with one attached hydrogen (secondary N) is 1. The Labute approximate surface area is 93.5 Å². The minimum Gasteiger partial charge on any atom is -0.341 e. The number of thioether (sulfide) groups is 1. The molecule has 0 aliphatic rings. The molecule has 0 aliphatic carbocycles. The molecule has 0 saturated heterocycles. The summed E-state index contributed by atoms with van der Waals surface area (Å²) >= 11 is 4.24. The summed E-state index contributed by atoms with van der Waals surface area (Å²) in [5.74, 6) is 0. The zero-order valence-electron chi connectivity index (χ0n) is 7.23. The van der Waals surface area contributed by atoms with Gasteiger partial charge in [0.2, 0.25) is 0 Å². The van der Waals surface area contributed by atoms with Gasteiger partial charge in [0.25, 0.3) is 0 Å². The first-order chi connectivity index (χ1) is 6.90. The molecule has 0 bridgehead atoms. The number of nitriles is 1. The van der Waals surface area contributed by atoms with Crippen LogP contribution >= 0.6 is 34.4 Å². The third kappa shape index (κ3) is 2.21. The monoisotopic (exact) mass is 240 g/mol. The maximum Gasteiger partial charge on any atom is 0.134 e. The minimum absolute atomic E-state index is 0.833. The number of nitrogens with zero attached hydrogens (tertiary/aromatic N) is 1. The van der Waals surface area contributed by atoms with Crippen LogP contribution in [-0.2, 0) is 0 Å². The van der Waals surface area contributed by atoms with Crippen molar-refractivity contribution in [3.63, 3.8) is 0 Å². The number of thiocyanates is 1. The average molecular weight is 240 g/mol. The van der Waals surface area contributed by atoms with E-state index in [2.05, 4.69) is 22.5 Å². The van der Waals surface area contributed by atoms with Gasteiger partial charge < -0.3 is 4.98 Å². The SMILES string of the molecule is N#CSC[SH]=c1[nH]c2ccccc2s1. The number of benzene rings is 1. The Morgan fingerprint density at radius 2 is 2.36 bits per heavy atom. The summed E-state index contributed by atoms with van der Waals surface area (Å²) in [4.78, 5) is 3.34. The Morgan fingerprint density at radius 1 is 1.50 bits per heavy atom. The summed E-state index contributed by atoms with van der Waals surface area (Å²) in [6.45, 7) is 0. The molecule has 0 unspecified atom stereocenters. The number of para-hydroxylation sites is 1. The summed E-state index contributed by atoms with van der Waals surface area (Å²) in [6, 6.07) is 8.24. The second kappa shape index (κ2) is 4.69. The number of hydrogen-bond acceptors (Lipinski definition) is 3. The second-order valence-electron chi connectivity index (χ2n) is 2.55. The standard InChI is InChI=1S/C9H8N2S3/c10-5-12-6-13-9-11-7-3-1-2-4-8(7)14-9/h1-4,11,13H,6H2. The molecule has 0 atom stereocenters. The van der Waals surface area contributed by atoms with Crippen molar-refractivity contribution in [2.75, 3.05) is 5.08 Å². The Bertz CT molecular complexity index is 496. The van der Waals surface area contributed by atoms with Gasteiger partial charge in [-0.25, -0.2) is 0 Å². The Morgan fingerprint density at radius 3 is 3.14 bits per heavy atom. The molecule has 0 aliphatic heterocycles. The van der Waals surface area contributed by atoms with Crippen LogP contribution in [0.15, 0.2) is 24.3 Å². The summed E-state index contributed by atoms with van der Waals surface area (Å²) in [5.41, 5.74) is 1.18. The topological polar surface area (TPSA) is 39.6 Å². The molecule has 0 fully saturated rings. The van der Waals surface area contributed by atoms with E-state index in [9.17, 15) is 0 Å². The van der Waals surface area contributed by atoms with Gasteiger partial charge in [-0.15, -0.1) is 11.3 Å². The fourth-order valence-electron chi connectivity index (χ4n) is 1.10. The fraction of sp³-hybridized carbons (Fsp3) is 0.111. The van der Waals surface area contributed by atoms with Crippen LogP contribution in [-0.4, -0.2) is 10.1 Å². The van der Waals surface area contributed by atoms with Gasteiger partial charge in [-0.2, -0.15) is 16.6 Å². The zero-order valence-corrected chi connectivity index (χ0v) is 9.75. The van der Waals surface area contributed by atoms with Gasteiger partial charge in [0.15, 0.2) is 0 Å². The zero-order chi connectivity index (χ0) is 9.80. The van der Waals surface area contributed by atoms with E-state index < -0.39 is 0 Å². The van der Waals surface area contributed by atoms with Crippen molar-refractivity contribution in [1.82, 2.24) is 4.98 Å². The number of thiazole rings is 1. The lowest BCUT2D eigenvalue weighted by atomic mass is 10.3. The van der Waals surface area contributed by atoms with Crippen LogP contribution in [0.1, 0.15) is 0 Å². The van der Waals surface area contributed by atoms with E-state index in [1.807, 2.05) is 12.1 Å². The van der Waals surface area contributed by atoms with Crippen molar-refractivity contribution in [2.24, 2.45) is 0 Å². The summed E-state index contributed by atoms with van der Waals surface area (Å²) in [6.07, 6.45) is 0. The fourth-order valence-corrected chi connectivity index (χ4v) is 4.03. The van der Waals surface area contributed by atoms with Crippen molar-refractivity contribution in [3.05, 3.63) is 28.2 Å². The van der Waals surface area contributed by atoms with Gasteiger partial charge in [0, 0.05) is 5.08 Å². The first-order valence-electron chi connectivity index (χ1n) is 3.99. The molecule has 0 spiro atoms. The van der Waals surface area contributed by atoms with Crippen molar-refractivity contribution in [3.8, 4) is 5.40 Å². The number of H-pyrrole nitrogens is 1. The summed E-state index contributed by atoms with van der Waals surface area (Å²) < 4.78 is 2.49. The van der Waals surface area contributed by atoms with E-state index in [-0.39, 0.29) is 0 Å². The molecular formula is C9H8N2S3. The van der Waals surface area contributed by atoms with Gasteiger partial charge in [-0.1, -0.05) is 12.1 Å². The molecule has 1 aromatic carbocycles. The van der Waals surface area contributed by atoms with Gasteiger partial charge in [0.1, 0.15) is 9.36 Å². The van der Waals surface area contributed by atoms with Crippen molar-refractivity contribution >= 4 is 44.7 Å². The molecule has 2 rings (SSSR count). The first kappa shape index (κ1) is 9.84. The maximum atomic E-state index is 8.39. The van der Waals surface area contributed by atoms with Gasteiger partial charge in [0.05, 0.1) is 10.2 Å². The van der Waals surface area contributed by atoms with E-state index in [4.69, 9.17) is 5.26 Å². The van der Waals surface area contributed by atoms with Crippen molar-refractivity contribution in [1.29, 1.82) is 5.26 Å². The molecule has 1 N–H and O–H groups in total. The third-order valence-electron chi connectivity index (χ3n) is 1.67. The van der Waals surface area contributed by atoms with Crippen LogP contribution in [0.5, 0.6) is 0 Å². The molecule has 0 amide bonds. The molecule has 5 heteroatoms.